The van der Waals surface area contributed by atoms with Gasteiger partial charge in [0.2, 0.25) is 0 Å². The Morgan fingerprint density at radius 2 is 2.14 bits per heavy atom. The van der Waals surface area contributed by atoms with Gasteiger partial charge in [-0.1, -0.05) is 16.5 Å². The molecule has 2 aromatic carbocycles. The Bertz CT molecular complexity index is 1220. The van der Waals surface area contributed by atoms with Crippen LogP contribution >= 0.6 is 11.3 Å². The van der Waals surface area contributed by atoms with Crippen LogP contribution in [0.15, 0.2) is 47.0 Å². The Balaban J connectivity index is 1.36. The van der Waals surface area contributed by atoms with E-state index < -0.39 is 5.91 Å². The minimum absolute atomic E-state index is 0.144. The van der Waals surface area contributed by atoms with Crippen LogP contribution in [0, 0.1) is 5.82 Å². The summed E-state index contributed by atoms with van der Waals surface area (Å²) in [4.78, 5) is 16.7. The fraction of sp³-hybridized carbons (Fsp3) is 0.150. The summed E-state index contributed by atoms with van der Waals surface area (Å²) < 4.78 is 25.0. The van der Waals surface area contributed by atoms with Crippen LogP contribution in [0.2, 0.25) is 0 Å². The Hall–Kier alpha value is -3.26. The maximum atomic E-state index is 13.3. The largest absolute Gasteiger partial charge is 0.490 e. The van der Waals surface area contributed by atoms with Crippen LogP contribution in [0.5, 0.6) is 5.75 Å². The van der Waals surface area contributed by atoms with Crippen LogP contribution in [0.1, 0.15) is 23.0 Å². The number of nitrogens with zero attached hydrogens (tertiary/aromatic N) is 2. The first-order valence-corrected chi connectivity index (χ1v) is 9.51. The second kappa shape index (κ2) is 6.42. The zero-order valence-electron chi connectivity index (χ0n) is 14.7. The topological polar surface area (TPSA) is 77.3 Å². The molecule has 1 atom stereocenters. The Morgan fingerprint density at radius 1 is 1.25 bits per heavy atom. The number of ether oxygens (including phenoxy) is 1. The molecule has 6 nitrogen and oxygen atoms in total. The van der Waals surface area contributed by atoms with Gasteiger partial charge in [0.1, 0.15) is 17.7 Å². The summed E-state index contributed by atoms with van der Waals surface area (Å²) in [6.07, 6.45) is 0.992. The van der Waals surface area contributed by atoms with Crippen LogP contribution in [0.3, 0.4) is 0 Å². The summed E-state index contributed by atoms with van der Waals surface area (Å²) in [5.74, 6) is 0.594. The Morgan fingerprint density at radius 3 is 3.04 bits per heavy atom. The van der Waals surface area contributed by atoms with Gasteiger partial charge in [-0.15, -0.1) is 0 Å². The molecular formula is C20H14FN3O3S. The van der Waals surface area contributed by atoms with Crippen molar-refractivity contribution in [2.45, 2.75) is 19.4 Å². The average Bonchev–Trinajstić information content (AvgIpc) is 3.37. The average molecular weight is 395 g/mol. The molecule has 0 unspecified atom stereocenters. The van der Waals surface area contributed by atoms with Crippen molar-refractivity contribution in [3.05, 3.63) is 59.5 Å². The number of hydrogen-bond acceptors (Lipinski definition) is 6. The van der Waals surface area contributed by atoms with Gasteiger partial charge in [0.25, 0.3) is 5.91 Å². The van der Waals surface area contributed by atoms with E-state index >= 15 is 0 Å². The number of thiazole rings is 1. The van der Waals surface area contributed by atoms with Crippen molar-refractivity contribution in [3.8, 4) is 17.1 Å². The summed E-state index contributed by atoms with van der Waals surface area (Å²) in [5, 5.41) is 6.92. The predicted octanol–water partition coefficient (Wildman–Crippen LogP) is 4.67. The van der Waals surface area contributed by atoms with Crippen molar-refractivity contribution in [3.63, 3.8) is 0 Å². The molecular weight excluding hydrogens is 381 g/mol. The molecule has 0 aliphatic carbocycles. The van der Waals surface area contributed by atoms with E-state index in [1.54, 1.807) is 12.1 Å². The molecule has 1 N–H and O–H groups in total. The molecule has 1 amide bonds. The highest BCUT2D eigenvalue weighted by atomic mass is 32.1. The summed E-state index contributed by atoms with van der Waals surface area (Å²) in [6, 6.07) is 11.6. The van der Waals surface area contributed by atoms with Gasteiger partial charge in [-0.05, 0) is 48.9 Å². The molecule has 0 spiro atoms. The van der Waals surface area contributed by atoms with Gasteiger partial charge < -0.3 is 9.26 Å². The summed E-state index contributed by atoms with van der Waals surface area (Å²) >= 11 is 1.20. The monoisotopic (exact) mass is 395 g/mol. The lowest BCUT2D eigenvalue weighted by atomic mass is 10.1. The number of carbonyl (C=O) groups is 1. The first-order chi connectivity index (χ1) is 13.5. The lowest BCUT2D eigenvalue weighted by molar-refractivity contribution is 0.101. The highest BCUT2D eigenvalue weighted by molar-refractivity contribution is 7.22. The van der Waals surface area contributed by atoms with Crippen LogP contribution < -0.4 is 10.1 Å². The highest BCUT2D eigenvalue weighted by Crippen LogP contribution is 2.33. The minimum Gasteiger partial charge on any atom is -0.490 e. The molecule has 5 rings (SSSR count). The number of aromatic nitrogens is 2. The molecule has 2 aromatic heterocycles. The van der Waals surface area contributed by atoms with Crippen molar-refractivity contribution in [2.75, 3.05) is 5.32 Å². The van der Waals surface area contributed by atoms with E-state index in [0.29, 0.717) is 21.1 Å². The third kappa shape index (κ3) is 3.01. The number of fused-ring (bicyclic) bond motifs is 2. The van der Waals surface area contributed by atoms with Gasteiger partial charge in [-0.3, -0.25) is 10.1 Å². The number of rotatable bonds is 3. The third-order valence-electron chi connectivity index (χ3n) is 4.49. The van der Waals surface area contributed by atoms with Crippen molar-refractivity contribution < 1.29 is 18.4 Å². The first-order valence-electron chi connectivity index (χ1n) is 8.69. The van der Waals surface area contributed by atoms with Crippen LogP contribution in [0.25, 0.3) is 21.5 Å². The van der Waals surface area contributed by atoms with Crippen LogP contribution in [-0.4, -0.2) is 22.2 Å². The Kier molecular flexibility index (Phi) is 3.87. The number of amides is 1. The molecule has 140 valence electrons. The molecule has 4 aromatic rings. The van der Waals surface area contributed by atoms with E-state index in [0.717, 1.165) is 23.3 Å². The number of carbonyl (C=O) groups excluding carboxylic acids is 1. The van der Waals surface area contributed by atoms with E-state index in [1.165, 1.54) is 23.5 Å². The smallest absolute Gasteiger partial charge is 0.279 e. The molecule has 1 aliphatic rings. The summed E-state index contributed by atoms with van der Waals surface area (Å²) in [5.41, 5.74) is 2.70. The van der Waals surface area contributed by atoms with E-state index in [-0.39, 0.29) is 17.6 Å². The van der Waals surface area contributed by atoms with Gasteiger partial charge in [-0.2, -0.15) is 0 Å². The molecule has 28 heavy (non-hydrogen) atoms. The maximum absolute atomic E-state index is 13.3. The quantitative estimate of drug-likeness (QED) is 0.546. The Labute approximate surface area is 162 Å². The summed E-state index contributed by atoms with van der Waals surface area (Å²) in [6.45, 7) is 2.02. The molecule has 8 heteroatoms. The zero-order chi connectivity index (χ0) is 19.3. The minimum atomic E-state index is -0.437. The van der Waals surface area contributed by atoms with E-state index in [2.05, 4.69) is 15.5 Å². The standard InChI is InChI=1S/C20H14FN3O3S/c1-10-6-12-7-11(2-5-16(12)26-10)17-9-15(24-27-17)19(25)23-20-22-14-4-3-13(21)8-18(14)28-20/h2-5,7-10H,6H2,1H3,(H,22,23,25)/t10-/m0/s1. The molecule has 3 heterocycles. The van der Waals surface area contributed by atoms with Crippen molar-refractivity contribution in [1.29, 1.82) is 0 Å². The molecule has 0 bridgehead atoms. The van der Waals surface area contributed by atoms with E-state index in [4.69, 9.17) is 9.26 Å². The van der Waals surface area contributed by atoms with Gasteiger partial charge >= 0.3 is 0 Å². The molecule has 0 fully saturated rings. The highest BCUT2D eigenvalue weighted by Gasteiger charge is 2.21. The predicted molar refractivity (Wildman–Crippen MR) is 103 cm³/mol. The van der Waals surface area contributed by atoms with Gasteiger partial charge in [0, 0.05) is 18.1 Å². The molecule has 0 saturated heterocycles. The van der Waals surface area contributed by atoms with Crippen molar-refractivity contribution in [1.82, 2.24) is 10.1 Å². The van der Waals surface area contributed by atoms with Crippen molar-refractivity contribution >= 4 is 32.6 Å². The fourth-order valence-electron chi connectivity index (χ4n) is 3.21. The normalized spacial score (nSPS) is 15.4. The van der Waals surface area contributed by atoms with Crippen molar-refractivity contribution in [2.24, 2.45) is 0 Å². The van der Waals surface area contributed by atoms with Gasteiger partial charge in [0.05, 0.1) is 10.2 Å². The van der Waals surface area contributed by atoms with Gasteiger partial charge in [-0.25, -0.2) is 9.37 Å². The van der Waals surface area contributed by atoms with E-state index in [1.807, 2.05) is 25.1 Å². The van der Waals surface area contributed by atoms with Crippen LogP contribution in [0.4, 0.5) is 9.52 Å². The molecule has 1 aliphatic heterocycles. The number of hydrogen-bond donors (Lipinski definition) is 1. The number of halogens is 1. The number of anilines is 1. The first kappa shape index (κ1) is 16.9. The van der Waals surface area contributed by atoms with Gasteiger partial charge in [0.15, 0.2) is 16.6 Å². The fourth-order valence-corrected chi connectivity index (χ4v) is 4.09. The zero-order valence-corrected chi connectivity index (χ0v) is 15.5. The SMILES string of the molecule is C[C@H]1Cc2cc(-c3cc(C(=O)Nc4nc5ccc(F)cc5s4)no3)ccc2O1. The number of nitrogens with one attached hydrogen (secondary N) is 1. The third-order valence-corrected chi connectivity index (χ3v) is 5.43. The number of benzene rings is 2. The second-order valence-corrected chi connectivity index (χ2v) is 7.65. The molecule has 0 saturated carbocycles. The summed E-state index contributed by atoms with van der Waals surface area (Å²) in [7, 11) is 0. The van der Waals surface area contributed by atoms with E-state index in [9.17, 15) is 9.18 Å². The maximum Gasteiger partial charge on any atom is 0.279 e. The lowest BCUT2D eigenvalue weighted by Crippen LogP contribution is -2.11. The second-order valence-electron chi connectivity index (χ2n) is 6.62. The van der Waals surface area contributed by atoms with Crippen LogP contribution in [-0.2, 0) is 6.42 Å². The lowest BCUT2D eigenvalue weighted by Gasteiger charge is -2.02. The molecule has 0 radical (unpaired) electrons.